The predicted octanol–water partition coefficient (Wildman–Crippen LogP) is 3.93. The summed E-state index contributed by atoms with van der Waals surface area (Å²) in [7, 11) is 0. The van der Waals surface area contributed by atoms with Crippen LogP contribution in [0.15, 0.2) is 34.6 Å². The Morgan fingerprint density at radius 3 is 1.40 bits per heavy atom. The van der Waals surface area contributed by atoms with E-state index in [-0.39, 0.29) is 11.4 Å². The number of nitrogens with zero attached hydrogens (tertiary/aromatic N) is 2. The monoisotopic (exact) mass is 270 g/mol. The number of nitrogens with two attached hydrogens (primary N) is 2. The standard InChI is InChI=1S/C14H14N4O2/c1-7-3-9(13(17-19)5-11(7)15)10-4-8(2)12(16)6-14(10)18-20/h3-6H,15-16H2,1-2H3. The summed E-state index contributed by atoms with van der Waals surface area (Å²) in [5, 5.41) is 5.94. The molecule has 2 aromatic carbocycles. The highest BCUT2D eigenvalue weighted by atomic mass is 16.3. The van der Waals surface area contributed by atoms with Crippen molar-refractivity contribution in [2.24, 2.45) is 10.4 Å². The summed E-state index contributed by atoms with van der Waals surface area (Å²) in [6.45, 7) is 3.62. The Labute approximate surface area is 115 Å². The van der Waals surface area contributed by atoms with Crippen LogP contribution in [0.3, 0.4) is 0 Å². The molecular formula is C14H14N4O2. The van der Waals surface area contributed by atoms with Crippen molar-refractivity contribution < 1.29 is 0 Å². The van der Waals surface area contributed by atoms with Crippen molar-refractivity contribution in [2.45, 2.75) is 13.8 Å². The topological polar surface area (TPSA) is 111 Å². The van der Waals surface area contributed by atoms with Gasteiger partial charge in [0, 0.05) is 22.5 Å². The van der Waals surface area contributed by atoms with Crippen LogP contribution in [0.1, 0.15) is 11.1 Å². The smallest absolute Gasteiger partial charge is 0.117 e. The molecule has 2 aromatic rings. The minimum absolute atomic E-state index is 0.169. The highest BCUT2D eigenvalue weighted by Crippen LogP contribution is 2.40. The number of hydrogen-bond acceptors (Lipinski definition) is 6. The van der Waals surface area contributed by atoms with Gasteiger partial charge in [-0.2, -0.15) is 0 Å². The van der Waals surface area contributed by atoms with Gasteiger partial charge in [-0.15, -0.1) is 9.81 Å². The molecule has 4 N–H and O–H groups in total. The second-order valence-electron chi connectivity index (χ2n) is 4.63. The highest BCUT2D eigenvalue weighted by Gasteiger charge is 2.15. The zero-order chi connectivity index (χ0) is 14.9. The fraction of sp³-hybridized carbons (Fsp3) is 0.143. The number of hydrogen-bond donors (Lipinski definition) is 2. The average molecular weight is 270 g/mol. The molecule has 0 heterocycles. The fourth-order valence-electron chi connectivity index (χ4n) is 2.01. The summed E-state index contributed by atoms with van der Waals surface area (Å²) in [6, 6.07) is 6.40. The van der Waals surface area contributed by atoms with Gasteiger partial charge in [-0.25, -0.2) is 0 Å². The lowest BCUT2D eigenvalue weighted by Crippen LogP contribution is -1.93. The molecule has 0 spiro atoms. The van der Waals surface area contributed by atoms with Crippen LogP contribution in [0.4, 0.5) is 22.7 Å². The third-order valence-corrected chi connectivity index (χ3v) is 3.26. The fourth-order valence-corrected chi connectivity index (χ4v) is 2.01. The molecule has 0 bridgehead atoms. The third-order valence-electron chi connectivity index (χ3n) is 3.26. The molecular weight excluding hydrogens is 256 g/mol. The van der Waals surface area contributed by atoms with Gasteiger partial charge in [0.05, 0.1) is 0 Å². The first-order valence-corrected chi connectivity index (χ1v) is 5.95. The number of aryl methyl sites for hydroxylation is 2. The van der Waals surface area contributed by atoms with Crippen molar-refractivity contribution in [3.05, 3.63) is 45.2 Å². The maximum atomic E-state index is 11.0. The molecule has 0 unspecified atom stereocenters. The van der Waals surface area contributed by atoms with Crippen LogP contribution >= 0.6 is 0 Å². The summed E-state index contributed by atoms with van der Waals surface area (Å²) in [6.07, 6.45) is 0. The van der Waals surface area contributed by atoms with Crippen LogP contribution in [0.25, 0.3) is 11.1 Å². The maximum Gasteiger partial charge on any atom is 0.117 e. The van der Waals surface area contributed by atoms with Crippen molar-refractivity contribution in [1.82, 2.24) is 0 Å². The van der Waals surface area contributed by atoms with Crippen molar-refractivity contribution in [3.8, 4) is 11.1 Å². The van der Waals surface area contributed by atoms with Gasteiger partial charge in [-0.1, -0.05) is 0 Å². The lowest BCUT2D eigenvalue weighted by molar-refractivity contribution is 1.38. The first kappa shape index (κ1) is 13.7. The van der Waals surface area contributed by atoms with Gasteiger partial charge in [0.25, 0.3) is 0 Å². The minimum Gasteiger partial charge on any atom is -0.398 e. The van der Waals surface area contributed by atoms with Crippen LogP contribution in [0.2, 0.25) is 0 Å². The number of nitroso groups, excluding NO2 is 2. The van der Waals surface area contributed by atoms with E-state index in [4.69, 9.17) is 11.5 Å². The van der Waals surface area contributed by atoms with E-state index >= 15 is 0 Å². The van der Waals surface area contributed by atoms with Crippen LogP contribution in [0, 0.1) is 23.7 Å². The minimum atomic E-state index is 0.169. The molecule has 20 heavy (non-hydrogen) atoms. The van der Waals surface area contributed by atoms with E-state index in [2.05, 4.69) is 10.4 Å². The van der Waals surface area contributed by atoms with Crippen molar-refractivity contribution in [2.75, 3.05) is 11.5 Å². The summed E-state index contributed by atoms with van der Waals surface area (Å²) in [5.74, 6) is 0. The van der Waals surface area contributed by atoms with E-state index in [0.717, 1.165) is 11.1 Å². The molecule has 102 valence electrons. The number of benzene rings is 2. The molecule has 0 aliphatic carbocycles. The number of anilines is 2. The second kappa shape index (κ2) is 5.08. The Kier molecular flexibility index (Phi) is 3.47. The van der Waals surface area contributed by atoms with Gasteiger partial charge in [-0.05, 0) is 59.6 Å². The molecule has 0 atom stereocenters. The van der Waals surface area contributed by atoms with E-state index in [9.17, 15) is 9.81 Å². The molecule has 0 saturated heterocycles. The lowest BCUT2D eigenvalue weighted by atomic mass is 9.96. The van der Waals surface area contributed by atoms with Crippen LogP contribution < -0.4 is 11.5 Å². The number of rotatable bonds is 3. The summed E-state index contributed by atoms with van der Waals surface area (Å²) >= 11 is 0. The van der Waals surface area contributed by atoms with Crippen LogP contribution in [-0.2, 0) is 0 Å². The molecule has 6 nitrogen and oxygen atoms in total. The molecule has 0 saturated carbocycles. The quantitative estimate of drug-likeness (QED) is 0.650. The zero-order valence-electron chi connectivity index (χ0n) is 11.2. The Balaban J connectivity index is 2.80. The summed E-state index contributed by atoms with van der Waals surface area (Å²) < 4.78 is 0. The van der Waals surface area contributed by atoms with Gasteiger partial charge in [-0.3, -0.25) is 0 Å². The molecule has 0 aromatic heterocycles. The van der Waals surface area contributed by atoms with Crippen molar-refractivity contribution in [3.63, 3.8) is 0 Å². The van der Waals surface area contributed by atoms with Crippen molar-refractivity contribution in [1.29, 1.82) is 0 Å². The molecule has 6 heteroatoms. The molecule has 2 rings (SSSR count). The predicted molar refractivity (Wildman–Crippen MR) is 81.1 cm³/mol. The van der Waals surface area contributed by atoms with Gasteiger partial charge < -0.3 is 11.5 Å². The molecule has 0 aliphatic rings. The highest BCUT2D eigenvalue weighted by molar-refractivity contribution is 5.88. The first-order valence-electron chi connectivity index (χ1n) is 5.95. The summed E-state index contributed by atoms with van der Waals surface area (Å²) in [5.41, 5.74) is 15.4. The average Bonchev–Trinajstić information content (AvgIpc) is 2.43. The Hall–Kier alpha value is -2.76. The Bertz CT molecular complexity index is 649. The SMILES string of the molecule is Cc1cc(-c2cc(C)c(N)cc2N=O)c(N=O)cc1N. The molecule has 0 amide bonds. The third kappa shape index (κ3) is 2.23. The van der Waals surface area contributed by atoms with Crippen LogP contribution in [0.5, 0.6) is 0 Å². The van der Waals surface area contributed by atoms with Gasteiger partial charge in [0.15, 0.2) is 0 Å². The molecule has 0 radical (unpaired) electrons. The normalized spacial score (nSPS) is 10.3. The molecule has 0 fully saturated rings. The van der Waals surface area contributed by atoms with Crippen molar-refractivity contribution >= 4 is 22.7 Å². The second-order valence-corrected chi connectivity index (χ2v) is 4.63. The van der Waals surface area contributed by atoms with E-state index in [0.29, 0.717) is 22.5 Å². The van der Waals surface area contributed by atoms with E-state index in [1.165, 1.54) is 12.1 Å². The van der Waals surface area contributed by atoms with E-state index in [1.54, 1.807) is 12.1 Å². The Morgan fingerprint density at radius 2 is 1.10 bits per heavy atom. The first-order chi connectivity index (χ1) is 9.47. The largest absolute Gasteiger partial charge is 0.398 e. The van der Waals surface area contributed by atoms with Gasteiger partial charge in [0.1, 0.15) is 11.4 Å². The summed E-state index contributed by atoms with van der Waals surface area (Å²) in [4.78, 5) is 22.0. The molecule has 0 aliphatic heterocycles. The van der Waals surface area contributed by atoms with Crippen LogP contribution in [-0.4, -0.2) is 0 Å². The Morgan fingerprint density at radius 1 is 0.750 bits per heavy atom. The number of nitrogen functional groups attached to an aromatic ring is 2. The van der Waals surface area contributed by atoms with E-state index < -0.39 is 0 Å². The zero-order valence-corrected chi connectivity index (χ0v) is 11.2. The maximum absolute atomic E-state index is 11.0. The van der Waals surface area contributed by atoms with E-state index in [1.807, 2.05) is 13.8 Å². The lowest BCUT2D eigenvalue weighted by Gasteiger charge is -2.11. The van der Waals surface area contributed by atoms with Gasteiger partial charge >= 0.3 is 0 Å². The van der Waals surface area contributed by atoms with Gasteiger partial charge in [0.2, 0.25) is 0 Å².